The molecule has 0 spiro atoms. The van der Waals surface area contributed by atoms with Crippen LogP contribution in [0.2, 0.25) is 0 Å². The van der Waals surface area contributed by atoms with E-state index in [4.69, 9.17) is 18.9 Å². The second-order valence-electron chi connectivity index (χ2n) is 22.0. The minimum absolute atomic E-state index is 0.151. The number of carboxylic acids is 1. The highest BCUT2D eigenvalue weighted by atomic mass is 16.7. The van der Waals surface area contributed by atoms with Crippen LogP contribution in [0.1, 0.15) is 284 Å². The summed E-state index contributed by atoms with van der Waals surface area (Å²) in [5.41, 5.74) is 0. The van der Waals surface area contributed by atoms with E-state index in [1.54, 1.807) is 0 Å². The average molecular weight is 1030 g/mol. The Morgan fingerprint density at radius 2 is 0.781 bits per heavy atom. The fourth-order valence-electron chi connectivity index (χ4n) is 8.88. The molecule has 0 bridgehead atoms. The topological polar surface area (TPSA) is 111 Å². The zero-order chi connectivity index (χ0) is 53.4. The highest BCUT2D eigenvalue weighted by molar-refractivity contribution is 5.70. The Labute approximate surface area is 451 Å². The molecule has 0 aliphatic carbocycles. The Kier molecular flexibility index (Phi) is 53.4. The second-order valence-corrected chi connectivity index (χ2v) is 22.0. The molecular weight excluding hydrogens is 911 g/mol. The average Bonchev–Trinajstić information content (AvgIpc) is 3.36. The summed E-state index contributed by atoms with van der Waals surface area (Å²) in [4.78, 5) is 37.0. The maximum Gasteiger partial charge on any atom is 0.306 e. The highest BCUT2D eigenvalue weighted by Crippen LogP contribution is 2.18. The second kappa shape index (κ2) is 55.5. The molecule has 0 saturated carbocycles. The van der Waals surface area contributed by atoms with Gasteiger partial charge in [0.05, 0.1) is 40.3 Å². The largest absolute Gasteiger partial charge is 0.545 e. The van der Waals surface area contributed by atoms with Gasteiger partial charge in [0, 0.05) is 12.8 Å². The Hall–Kier alpha value is -2.75. The lowest BCUT2D eigenvalue weighted by Gasteiger charge is -2.26. The Morgan fingerprint density at radius 3 is 1.16 bits per heavy atom. The van der Waals surface area contributed by atoms with Gasteiger partial charge in [0.15, 0.2) is 12.4 Å². The van der Waals surface area contributed by atoms with Gasteiger partial charge in [0.1, 0.15) is 13.2 Å². The van der Waals surface area contributed by atoms with E-state index in [2.05, 4.69) is 62.5 Å². The van der Waals surface area contributed by atoms with Crippen LogP contribution in [0.4, 0.5) is 0 Å². The van der Waals surface area contributed by atoms with Crippen molar-refractivity contribution in [2.75, 3.05) is 47.5 Å². The van der Waals surface area contributed by atoms with E-state index in [0.717, 1.165) is 64.2 Å². The van der Waals surface area contributed by atoms with Gasteiger partial charge in [-0.3, -0.25) is 9.59 Å². The summed E-state index contributed by atoms with van der Waals surface area (Å²) in [5.74, 6) is -2.27. The molecule has 426 valence electrons. The van der Waals surface area contributed by atoms with Crippen molar-refractivity contribution in [2.24, 2.45) is 0 Å². The van der Waals surface area contributed by atoms with Gasteiger partial charge in [0.25, 0.3) is 0 Å². The van der Waals surface area contributed by atoms with E-state index in [9.17, 15) is 19.5 Å². The van der Waals surface area contributed by atoms with E-state index < -0.39 is 24.3 Å². The van der Waals surface area contributed by atoms with Crippen LogP contribution in [0.5, 0.6) is 0 Å². The number of hydrogen-bond acceptors (Lipinski definition) is 8. The summed E-state index contributed by atoms with van der Waals surface area (Å²) >= 11 is 0. The number of carboxylic acid groups (broad SMARTS) is 1. The number of carbonyl (C=O) groups excluding carboxylic acids is 3. The number of esters is 2. The lowest BCUT2D eigenvalue weighted by molar-refractivity contribution is -0.870. The molecule has 0 saturated heterocycles. The number of unbranched alkanes of at least 4 members (excludes halogenated alkanes) is 34. The molecule has 0 rings (SSSR count). The summed E-state index contributed by atoms with van der Waals surface area (Å²) in [6.45, 7) is 4.61. The lowest BCUT2D eigenvalue weighted by atomic mass is 10.0. The third-order valence-electron chi connectivity index (χ3n) is 13.6. The van der Waals surface area contributed by atoms with Crippen LogP contribution >= 0.6 is 0 Å². The van der Waals surface area contributed by atoms with Gasteiger partial charge in [-0.25, -0.2) is 0 Å². The maximum absolute atomic E-state index is 12.8. The van der Waals surface area contributed by atoms with Crippen molar-refractivity contribution in [3.05, 3.63) is 48.6 Å². The quantitative estimate of drug-likeness (QED) is 0.0195. The zero-order valence-corrected chi connectivity index (χ0v) is 48.5. The number of hydrogen-bond donors (Lipinski definition) is 0. The predicted octanol–water partition coefficient (Wildman–Crippen LogP) is 16.9. The van der Waals surface area contributed by atoms with E-state index in [1.807, 2.05) is 21.1 Å². The first-order valence-corrected chi connectivity index (χ1v) is 30.8. The summed E-state index contributed by atoms with van der Waals surface area (Å²) in [6, 6.07) is 0. The standard InChI is InChI=1S/C64H117NO8/c1-6-8-10-12-14-15-16-17-18-19-20-21-22-23-24-25-26-27-28-29-30-31-32-33-34-35-36-37-38-39-40-41-42-43-44-45-46-47-49-51-53-55-62(67)73-60(58-71-61(66)54-52-50-48-13-11-9-7-2)59-72-64(63(68)69)70-57-56-65(3,4)5/h8,10,14-15,17-18,20-21,60,64H,6-7,9,11-13,16,19,22-59H2,1-5H3/b10-8-,15-14-,18-17-,21-20-. The van der Waals surface area contributed by atoms with Crippen molar-refractivity contribution in [1.82, 2.24) is 0 Å². The molecule has 0 N–H and O–H groups in total. The van der Waals surface area contributed by atoms with Crippen LogP contribution in [-0.4, -0.2) is 82.3 Å². The first-order chi connectivity index (χ1) is 35.6. The monoisotopic (exact) mass is 1030 g/mol. The fourth-order valence-corrected chi connectivity index (χ4v) is 8.88. The number of likely N-dealkylation sites (N-methyl/N-ethyl adjacent to an activating group) is 1. The maximum atomic E-state index is 12.8. The summed E-state index contributed by atoms with van der Waals surface area (Å²) in [5, 5.41) is 11.7. The van der Waals surface area contributed by atoms with Gasteiger partial charge in [-0.15, -0.1) is 0 Å². The molecule has 0 aromatic rings. The van der Waals surface area contributed by atoms with Gasteiger partial charge in [-0.1, -0.05) is 268 Å². The molecule has 73 heavy (non-hydrogen) atoms. The molecule has 9 nitrogen and oxygen atoms in total. The van der Waals surface area contributed by atoms with Gasteiger partial charge in [-0.2, -0.15) is 0 Å². The van der Waals surface area contributed by atoms with Gasteiger partial charge in [0.2, 0.25) is 0 Å². The minimum atomic E-state index is -1.61. The molecule has 0 aromatic carbocycles. The Morgan fingerprint density at radius 1 is 0.425 bits per heavy atom. The fraction of sp³-hybridized carbons (Fsp3) is 0.828. The van der Waals surface area contributed by atoms with E-state index in [-0.39, 0.29) is 32.2 Å². The van der Waals surface area contributed by atoms with E-state index in [0.29, 0.717) is 17.4 Å². The first-order valence-electron chi connectivity index (χ1n) is 30.8. The molecule has 0 radical (unpaired) electrons. The summed E-state index contributed by atoms with van der Waals surface area (Å²) in [7, 11) is 5.92. The van der Waals surface area contributed by atoms with Gasteiger partial charge in [-0.05, 0) is 51.4 Å². The van der Waals surface area contributed by atoms with Crippen LogP contribution < -0.4 is 5.11 Å². The molecule has 0 amide bonds. The molecule has 2 unspecified atom stereocenters. The van der Waals surface area contributed by atoms with Crippen molar-refractivity contribution in [3.63, 3.8) is 0 Å². The summed E-state index contributed by atoms with van der Waals surface area (Å²) < 4.78 is 22.6. The third kappa shape index (κ3) is 56.8. The van der Waals surface area contributed by atoms with Crippen molar-refractivity contribution in [1.29, 1.82) is 0 Å². The number of rotatable bonds is 57. The Bertz CT molecular complexity index is 1340. The molecule has 0 fully saturated rings. The first kappa shape index (κ1) is 70.2. The van der Waals surface area contributed by atoms with Crippen molar-refractivity contribution in [2.45, 2.75) is 296 Å². The van der Waals surface area contributed by atoms with Crippen LogP contribution in [0, 0.1) is 0 Å². The van der Waals surface area contributed by atoms with Gasteiger partial charge >= 0.3 is 11.9 Å². The van der Waals surface area contributed by atoms with Crippen LogP contribution in [-0.2, 0) is 33.3 Å². The van der Waals surface area contributed by atoms with Crippen molar-refractivity contribution >= 4 is 17.9 Å². The number of allylic oxidation sites excluding steroid dienone is 8. The molecular formula is C64H117NO8. The molecule has 2 atom stereocenters. The van der Waals surface area contributed by atoms with Crippen molar-refractivity contribution in [3.8, 4) is 0 Å². The van der Waals surface area contributed by atoms with Crippen molar-refractivity contribution < 1.29 is 42.9 Å². The van der Waals surface area contributed by atoms with Gasteiger partial charge < -0.3 is 33.3 Å². The molecule has 0 aromatic heterocycles. The summed E-state index contributed by atoms with van der Waals surface area (Å²) in [6.07, 6.45) is 66.7. The highest BCUT2D eigenvalue weighted by Gasteiger charge is 2.22. The number of ether oxygens (including phenoxy) is 4. The molecule has 0 aliphatic heterocycles. The predicted molar refractivity (Wildman–Crippen MR) is 306 cm³/mol. The Balaban J connectivity index is 3.78. The van der Waals surface area contributed by atoms with Crippen LogP contribution in [0.3, 0.4) is 0 Å². The minimum Gasteiger partial charge on any atom is -0.545 e. The van der Waals surface area contributed by atoms with E-state index in [1.165, 1.54) is 193 Å². The SMILES string of the molecule is CC/C=C\C/C=C\C/C=C\C/C=C\CCCCCCCCCCCCCCCCCCCCCCCCCCCCCCC(=O)OC(COC(=O)CCCCCCCCC)COC(OCC[N+](C)(C)C)C(=O)[O-]. The third-order valence-corrected chi connectivity index (χ3v) is 13.6. The molecule has 9 heteroatoms. The number of nitrogens with zero attached hydrogens (tertiary/aromatic N) is 1. The zero-order valence-electron chi connectivity index (χ0n) is 48.5. The molecule has 0 aliphatic rings. The normalized spacial score (nSPS) is 13.1. The van der Waals surface area contributed by atoms with E-state index >= 15 is 0 Å². The number of aliphatic carboxylic acids is 1. The number of carbonyl (C=O) groups is 3. The van der Waals surface area contributed by atoms with Crippen LogP contribution in [0.25, 0.3) is 0 Å². The smallest absolute Gasteiger partial charge is 0.306 e. The van der Waals surface area contributed by atoms with Crippen LogP contribution in [0.15, 0.2) is 48.6 Å². The molecule has 0 heterocycles. The number of quaternary nitrogens is 1. The lowest BCUT2D eigenvalue weighted by Crippen LogP contribution is -2.44.